The van der Waals surface area contributed by atoms with Gasteiger partial charge in [0, 0.05) is 11.8 Å². The van der Waals surface area contributed by atoms with Gasteiger partial charge in [0.15, 0.2) is 11.5 Å². The van der Waals surface area contributed by atoms with Crippen molar-refractivity contribution in [3.8, 4) is 11.5 Å². The Hall–Kier alpha value is -1.75. The minimum absolute atomic E-state index is 0.165. The molecular weight excluding hydrogens is 232 g/mol. The molecular formula is C13H18N2O3. The maximum Gasteiger partial charge on any atom is 0.241 e. The Labute approximate surface area is 106 Å². The number of fused-ring (bicyclic) bond motifs is 1. The van der Waals surface area contributed by atoms with E-state index in [-0.39, 0.29) is 12.7 Å². The van der Waals surface area contributed by atoms with Crippen molar-refractivity contribution in [1.82, 2.24) is 0 Å². The number of carbonyl (C=O) groups excluding carboxylic acids is 1. The first-order valence-corrected chi connectivity index (χ1v) is 6.17. The number of anilines is 1. The number of rotatable bonds is 5. The van der Waals surface area contributed by atoms with E-state index < -0.39 is 6.04 Å². The van der Waals surface area contributed by atoms with Gasteiger partial charge in [-0.15, -0.1) is 0 Å². The zero-order valence-electron chi connectivity index (χ0n) is 10.4. The van der Waals surface area contributed by atoms with Crippen LogP contribution >= 0.6 is 0 Å². The van der Waals surface area contributed by atoms with Gasteiger partial charge in [0.25, 0.3) is 0 Å². The molecule has 0 aliphatic carbocycles. The highest BCUT2D eigenvalue weighted by molar-refractivity contribution is 5.94. The largest absolute Gasteiger partial charge is 0.454 e. The highest BCUT2D eigenvalue weighted by atomic mass is 16.7. The molecule has 0 fully saturated rings. The fourth-order valence-electron chi connectivity index (χ4n) is 1.76. The quantitative estimate of drug-likeness (QED) is 0.836. The molecule has 1 atom stereocenters. The number of ether oxygens (including phenoxy) is 2. The van der Waals surface area contributed by atoms with Gasteiger partial charge in [-0.3, -0.25) is 4.79 Å². The summed E-state index contributed by atoms with van der Waals surface area (Å²) in [5.74, 6) is 1.18. The van der Waals surface area contributed by atoms with Gasteiger partial charge in [-0.05, 0) is 18.6 Å². The summed E-state index contributed by atoms with van der Waals surface area (Å²) >= 11 is 0. The van der Waals surface area contributed by atoms with Crippen molar-refractivity contribution in [2.24, 2.45) is 5.73 Å². The fourth-order valence-corrected chi connectivity index (χ4v) is 1.76. The van der Waals surface area contributed by atoms with Gasteiger partial charge < -0.3 is 20.5 Å². The number of amides is 1. The number of nitrogens with two attached hydrogens (primary N) is 1. The first kappa shape index (κ1) is 12.7. The topological polar surface area (TPSA) is 73.6 Å². The van der Waals surface area contributed by atoms with Crippen LogP contribution in [0.4, 0.5) is 5.69 Å². The zero-order chi connectivity index (χ0) is 13.0. The van der Waals surface area contributed by atoms with E-state index in [1.807, 2.05) is 0 Å². The number of nitrogens with one attached hydrogen (secondary N) is 1. The summed E-state index contributed by atoms with van der Waals surface area (Å²) in [5.41, 5.74) is 6.47. The van der Waals surface area contributed by atoms with Crippen molar-refractivity contribution >= 4 is 11.6 Å². The van der Waals surface area contributed by atoms with Crippen LogP contribution in [0.2, 0.25) is 0 Å². The Morgan fingerprint density at radius 1 is 1.44 bits per heavy atom. The minimum atomic E-state index is -0.463. The number of unbranched alkanes of at least 4 members (excludes halogenated alkanes) is 1. The molecule has 1 heterocycles. The van der Waals surface area contributed by atoms with E-state index in [1.54, 1.807) is 18.2 Å². The first-order valence-electron chi connectivity index (χ1n) is 6.17. The van der Waals surface area contributed by atoms with E-state index in [0.29, 0.717) is 23.6 Å². The molecule has 0 saturated heterocycles. The Kier molecular flexibility index (Phi) is 4.04. The van der Waals surface area contributed by atoms with E-state index in [9.17, 15) is 4.79 Å². The van der Waals surface area contributed by atoms with Crippen molar-refractivity contribution in [2.45, 2.75) is 32.2 Å². The van der Waals surface area contributed by atoms with Crippen molar-refractivity contribution in [2.75, 3.05) is 12.1 Å². The third-order valence-electron chi connectivity index (χ3n) is 2.85. The molecule has 1 aliphatic rings. The molecule has 0 spiro atoms. The smallest absolute Gasteiger partial charge is 0.241 e. The van der Waals surface area contributed by atoms with Gasteiger partial charge in [-0.25, -0.2) is 0 Å². The van der Waals surface area contributed by atoms with Crippen molar-refractivity contribution in [3.05, 3.63) is 18.2 Å². The lowest BCUT2D eigenvalue weighted by molar-refractivity contribution is -0.117. The van der Waals surface area contributed by atoms with Crippen LogP contribution in [-0.2, 0) is 4.79 Å². The summed E-state index contributed by atoms with van der Waals surface area (Å²) in [4.78, 5) is 11.8. The summed E-state index contributed by atoms with van der Waals surface area (Å²) in [5, 5.41) is 2.78. The van der Waals surface area contributed by atoms with Crippen molar-refractivity contribution < 1.29 is 14.3 Å². The maximum absolute atomic E-state index is 11.8. The third-order valence-corrected chi connectivity index (χ3v) is 2.85. The maximum atomic E-state index is 11.8. The van der Waals surface area contributed by atoms with Crippen LogP contribution in [0.1, 0.15) is 26.2 Å². The van der Waals surface area contributed by atoms with E-state index >= 15 is 0 Å². The van der Waals surface area contributed by atoms with Crippen molar-refractivity contribution in [3.63, 3.8) is 0 Å². The van der Waals surface area contributed by atoms with Gasteiger partial charge in [0.05, 0.1) is 6.04 Å². The zero-order valence-corrected chi connectivity index (χ0v) is 10.4. The third kappa shape index (κ3) is 2.92. The van der Waals surface area contributed by atoms with Gasteiger partial charge >= 0.3 is 0 Å². The monoisotopic (exact) mass is 250 g/mol. The van der Waals surface area contributed by atoms with Gasteiger partial charge in [-0.1, -0.05) is 19.8 Å². The molecule has 1 unspecified atom stereocenters. The van der Waals surface area contributed by atoms with Gasteiger partial charge in [0.1, 0.15) is 0 Å². The molecule has 2 rings (SSSR count). The molecule has 5 heteroatoms. The molecule has 5 nitrogen and oxygen atoms in total. The lowest BCUT2D eigenvalue weighted by atomic mass is 10.1. The molecule has 0 bridgehead atoms. The molecule has 18 heavy (non-hydrogen) atoms. The lowest BCUT2D eigenvalue weighted by Gasteiger charge is -2.12. The summed E-state index contributed by atoms with van der Waals surface area (Å²) < 4.78 is 10.4. The molecule has 0 aromatic heterocycles. The SMILES string of the molecule is CCCCC(N)C(=O)Nc1ccc2c(c1)OCO2. The van der Waals surface area contributed by atoms with Crippen LogP contribution in [0.15, 0.2) is 18.2 Å². The van der Waals surface area contributed by atoms with Crippen molar-refractivity contribution in [1.29, 1.82) is 0 Å². The molecule has 1 amide bonds. The molecule has 0 radical (unpaired) electrons. The van der Waals surface area contributed by atoms with E-state index in [4.69, 9.17) is 15.2 Å². The Morgan fingerprint density at radius 2 is 2.22 bits per heavy atom. The van der Waals surface area contributed by atoms with Crippen LogP contribution in [0.25, 0.3) is 0 Å². The summed E-state index contributed by atoms with van der Waals surface area (Å²) in [6, 6.07) is 4.83. The first-order chi connectivity index (χ1) is 8.70. The fraction of sp³-hybridized carbons (Fsp3) is 0.462. The lowest BCUT2D eigenvalue weighted by Crippen LogP contribution is -2.35. The van der Waals surface area contributed by atoms with Crippen LogP contribution in [-0.4, -0.2) is 18.7 Å². The van der Waals surface area contributed by atoms with Crippen LogP contribution in [0.5, 0.6) is 11.5 Å². The second-order valence-electron chi connectivity index (χ2n) is 4.31. The standard InChI is InChI=1S/C13H18N2O3/c1-2-3-4-10(14)13(16)15-9-5-6-11-12(7-9)18-8-17-11/h5-7,10H,2-4,8,14H2,1H3,(H,15,16). The summed E-state index contributed by atoms with van der Waals surface area (Å²) in [6.07, 6.45) is 2.69. The number of carbonyl (C=O) groups is 1. The molecule has 98 valence electrons. The highest BCUT2D eigenvalue weighted by Crippen LogP contribution is 2.34. The molecule has 1 aromatic rings. The molecule has 1 aliphatic heterocycles. The Balaban J connectivity index is 1.94. The predicted octanol–water partition coefficient (Wildman–Crippen LogP) is 1.87. The minimum Gasteiger partial charge on any atom is -0.454 e. The Morgan fingerprint density at radius 3 is 3.00 bits per heavy atom. The van der Waals surface area contributed by atoms with E-state index in [1.165, 1.54) is 0 Å². The average Bonchev–Trinajstić information content (AvgIpc) is 2.83. The number of hydrogen-bond acceptors (Lipinski definition) is 4. The second kappa shape index (κ2) is 5.73. The second-order valence-corrected chi connectivity index (χ2v) is 4.31. The van der Waals surface area contributed by atoms with E-state index in [0.717, 1.165) is 12.8 Å². The predicted molar refractivity (Wildman–Crippen MR) is 68.7 cm³/mol. The normalized spacial score (nSPS) is 14.3. The van der Waals surface area contributed by atoms with Gasteiger partial charge in [0.2, 0.25) is 12.7 Å². The number of benzene rings is 1. The average molecular weight is 250 g/mol. The van der Waals surface area contributed by atoms with Gasteiger partial charge in [-0.2, -0.15) is 0 Å². The molecule has 1 aromatic carbocycles. The van der Waals surface area contributed by atoms with Crippen LogP contribution in [0.3, 0.4) is 0 Å². The summed E-state index contributed by atoms with van der Waals surface area (Å²) in [6.45, 7) is 2.30. The van der Waals surface area contributed by atoms with E-state index in [2.05, 4.69) is 12.2 Å². The van der Waals surface area contributed by atoms with Crippen LogP contribution < -0.4 is 20.5 Å². The molecule has 3 N–H and O–H groups in total. The van der Waals surface area contributed by atoms with Crippen LogP contribution in [0, 0.1) is 0 Å². The number of hydrogen-bond donors (Lipinski definition) is 2. The Bertz CT molecular complexity index is 434. The summed E-state index contributed by atoms with van der Waals surface area (Å²) in [7, 11) is 0. The highest BCUT2D eigenvalue weighted by Gasteiger charge is 2.16. The molecule has 0 saturated carbocycles.